The Morgan fingerprint density at radius 2 is 1.85 bits per heavy atom. The zero-order valence-corrected chi connectivity index (χ0v) is 7.71. The van der Waals surface area contributed by atoms with Crippen molar-refractivity contribution in [1.82, 2.24) is 5.32 Å². The summed E-state index contributed by atoms with van der Waals surface area (Å²) in [5.74, 6) is -0.827. The summed E-state index contributed by atoms with van der Waals surface area (Å²) < 4.78 is 0. The van der Waals surface area contributed by atoms with Gasteiger partial charge in [-0.1, -0.05) is 6.92 Å². The van der Waals surface area contributed by atoms with Crippen LogP contribution in [-0.2, 0) is 9.59 Å². The molecule has 0 aliphatic rings. The fourth-order valence-electron chi connectivity index (χ4n) is 0.878. The largest absolute Gasteiger partial charge is 0.481 e. The van der Waals surface area contributed by atoms with Gasteiger partial charge in [0.1, 0.15) is 0 Å². The summed E-state index contributed by atoms with van der Waals surface area (Å²) in [7, 11) is 0. The van der Waals surface area contributed by atoms with Crippen molar-refractivity contribution in [2.24, 2.45) is 0 Å². The summed E-state index contributed by atoms with van der Waals surface area (Å²) in [5.41, 5.74) is 0. The SMILES string of the molecule is [CH2]CCNC(=O)CCCCC(=O)O. The Labute approximate surface area is 78.3 Å². The maximum Gasteiger partial charge on any atom is 0.303 e. The van der Waals surface area contributed by atoms with Crippen molar-refractivity contribution in [2.45, 2.75) is 32.1 Å². The van der Waals surface area contributed by atoms with E-state index in [9.17, 15) is 9.59 Å². The Balaban J connectivity index is 3.22. The first-order valence-corrected chi connectivity index (χ1v) is 4.44. The van der Waals surface area contributed by atoms with E-state index in [0.717, 1.165) is 0 Å². The van der Waals surface area contributed by atoms with Crippen molar-refractivity contribution in [2.75, 3.05) is 6.54 Å². The van der Waals surface area contributed by atoms with Crippen LogP contribution in [0.15, 0.2) is 0 Å². The average molecular weight is 186 g/mol. The van der Waals surface area contributed by atoms with Gasteiger partial charge in [0.25, 0.3) is 0 Å². The second-order valence-electron chi connectivity index (χ2n) is 2.80. The van der Waals surface area contributed by atoms with Gasteiger partial charge >= 0.3 is 5.97 Å². The minimum Gasteiger partial charge on any atom is -0.481 e. The summed E-state index contributed by atoms with van der Waals surface area (Å²) in [4.78, 5) is 21.1. The maximum absolute atomic E-state index is 11.0. The van der Waals surface area contributed by atoms with E-state index in [1.165, 1.54) is 0 Å². The molecule has 0 saturated heterocycles. The minimum atomic E-state index is -0.807. The third kappa shape index (κ3) is 8.85. The van der Waals surface area contributed by atoms with Gasteiger partial charge in [0.05, 0.1) is 0 Å². The molecule has 0 aliphatic carbocycles. The number of unbranched alkanes of at least 4 members (excludes halogenated alkanes) is 1. The van der Waals surface area contributed by atoms with Crippen LogP contribution in [0.4, 0.5) is 0 Å². The number of amides is 1. The summed E-state index contributed by atoms with van der Waals surface area (Å²) in [6.45, 7) is 4.18. The fourth-order valence-corrected chi connectivity index (χ4v) is 0.878. The fraction of sp³-hybridized carbons (Fsp3) is 0.667. The number of carboxylic acid groups (broad SMARTS) is 1. The van der Waals surface area contributed by atoms with E-state index in [2.05, 4.69) is 12.2 Å². The molecule has 0 aliphatic heterocycles. The third-order valence-corrected chi connectivity index (χ3v) is 1.54. The predicted molar refractivity (Wildman–Crippen MR) is 49.1 cm³/mol. The molecular formula is C9H16NO3. The van der Waals surface area contributed by atoms with Crippen LogP contribution in [0.5, 0.6) is 0 Å². The second-order valence-corrected chi connectivity index (χ2v) is 2.80. The number of hydrogen-bond donors (Lipinski definition) is 2. The number of carboxylic acids is 1. The van der Waals surface area contributed by atoms with Gasteiger partial charge in [-0.3, -0.25) is 9.59 Å². The molecule has 13 heavy (non-hydrogen) atoms. The normalized spacial score (nSPS) is 9.62. The van der Waals surface area contributed by atoms with Crippen molar-refractivity contribution in [1.29, 1.82) is 0 Å². The van der Waals surface area contributed by atoms with Crippen LogP contribution in [-0.4, -0.2) is 23.5 Å². The standard InChI is InChI=1S/C9H16NO3/c1-2-7-10-8(11)5-3-4-6-9(12)13/h1-7H2,(H,10,11)(H,12,13). The number of carbonyl (C=O) groups excluding carboxylic acids is 1. The molecule has 0 atom stereocenters. The molecule has 0 fully saturated rings. The molecular weight excluding hydrogens is 170 g/mol. The van der Waals surface area contributed by atoms with Crippen LogP contribution in [0, 0.1) is 6.92 Å². The van der Waals surface area contributed by atoms with Crippen LogP contribution in [0.1, 0.15) is 32.1 Å². The number of hydrogen-bond acceptors (Lipinski definition) is 2. The van der Waals surface area contributed by atoms with Crippen LogP contribution >= 0.6 is 0 Å². The highest BCUT2D eigenvalue weighted by atomic mass is 16.4. The van der Waals surface area contributed by atoms with Gasteiger partial charge in [0.2, 0.25) is 5.91 Å². The van der Waals surface area contributed by atoms with Gasteiger partial charge in [0.15, 0.2) is 0 Å². The molecule has 75 valence electrons. The lowest BCUT2D eigenvalue weighted by Gasteiger charge is -2.01. The molecule has 1 radical (unpaired) electrons. The van der Waals surface area contributed by atoms with Gasteiger partial charge in [-0.25, -0.2) is 0 Å². The molecule has 0 bridgehead atoms. The van der Waals surface area contributed by atoms with Crippen LogP contribution < -0.4 is 5.32 Å². The van der Waals surface area contributed by atoms with Gasteiger partial charge in [-0.15, -0.1) is 0 Å². The first-order valence-electron chi connectivity index (χ1n) is 4.44. The Bertz CT molecular complexity index is 168. The molecule has 1 amide bonds. The molecule has 0 aromatic carbocycles. The third-order valence-electron chi connectivity index (χ3n) is 1.54. The van der Waals surface area contributed by atoms with Gasteiger partial charge in [0, 0.05) is 19.4 Å². The summed E-state index contributed by atoms with van der Waals surface area (Å²) >= 11 is 0. The molecule has 2 N–H and O–H groups in total. The second kappa shape index (κ2) is 7.58. The van der Waals surface area contributed by atoms with E-state index in [1.54, 1.807) is 0 Å². The summed E-state index contributed by atoms with van der Waals surface area (Å²) in [5, 5.41) is 11.0. The topological polar surface area (TPSA) is 66.4 Å². The molecule has 4 nitrogen and oxygen atoms in total. The lowest BCUT2D eigenvalue weighted by atomic mass is 10.2. The molecule has 0 spiro atoms. The first-order chi connectivity index (χ1) is 6.16. The molecule has 0 unspecified atom stereocenters. The van der Waals surface area contributed by atoms with Gasteiger partial charge in [-0.05, 0) is 19.3 Å². The summed E-state index contributed by atoms with van der Waals surface area (Å²) in [6, 6.07) is 0. The Morgan fingerprint density at radius 3 is 2.38 bits per heavy atom. The Kier molecular flexibility index (Phi) is 6.96. The Hall–Kier alpha value is -1.06. The zero-order valence-electron chi connectivity index (χ0n) is 7.71. The van der Waals surface area contributed by atoms with E-state index in [4.69, 9.17) is 5.11 Å². The maximum atomic E-state index is 11.0. The lowest BCUT2D eigenvalue weighted by molar-refractivity contribution is -0.137. The van der Waals surface area contributed by atoms with E-state index >= 15 is 0 Å². The van der Waals surface area contributed by atoms with E-state index in [1.807, 2.05) is 0 Å². The molecule has 0 aromatic heterocycles. The number of rotatable bonds is 7. The number of nitrogens with one attached hydrogen (secondary N) is 1. The quantitative estimate of drug-likeness (QED) is 0.582. The first kappa shape index (κ1) is 11.9. The molecule has 4 heteroatoms. The van der Waals surface area contributed by atoms with Crippen molar-refractivity contribution in [3.05, 3.63) is 6.92 Å². The van der Waals surface area contributed by atoms with Gasteiger partial charge in [-0.2, -0.15) is 0 Å². The monoisotopic (exact) mass is 186 g/mol. The molecule has 0 saturated carbocycles. The molecule has 0 heterocycles. The van der Waals surface area contributed by atoms with E-state index in [0.29, 0.717) is 32.2 Å². The van der Waals surface area contributed by atoms with Crippen molar-refractivity contribution in [3.63, 3.8) is 0 Å². The minimum absolute atomic E-state index is 0.0194. The van der Waals surface area contributed by atoms with Crippen molar-refractivity contribution in [3.8, 4) is 0 Å². The van der Waals surface area contributed by atoms with Crippen molar-refractivity contribution < 1.29 is 14.7 Å². The summed E-state index contributed by atoms with van der Waals surface area (Å²) in [6.07, 6.45) is 2.43. The Morgan fingerprint density at radius 1 is 1.23 bits per heavy atom. The van der Waals surface area contributed by atoms with Crippen LogP contribution in [0.25, 0.3) is 0 Å². The highest BCUT2D eigenvalue weighted by molar-refractivity contribution is 5.75. The molecule has 0 aromatic rings. The lowest BCUT2D eigenvalue weighted by Crippen LogP contribution is -2.23. The predicted octanol–water partition coefficient (Wildman–Crippen LogP) is 0.972. The smallest absolute Gasteiger partial charge is 0.303 e. The highest BCUT2D eigenvalue weighted by Gasteiger charge is 2.01. The van der Waals surface area contributed by atoms with Crippen LogP contribution in [0.3, 0.4) is 0 Å². The molecule has 0 rings (SSSR count). The average Bonchev–Trinajstić information content (AvgIpc) is 2.08. The van der Waals surface area contributed by atoms with Crippen LogP contribution in [0.2, 0.25) is 0 Å². The highest BCUT2D eigenvalue weighted by Crippen LogP contribution is 1.99. The van der Waals surface area contributed by atoms with Crippen molar-refractivity contribution >= 4 is 11.9 Å². The number of carbonyl (C=O) groups is 2. The van der Waals surface area contributed by atoms with E-state index in [-0.39, 0.29) is 12.3 Å². The van der Waals surface area contributed by atoms with Gasteiger partial charge < -0.3 is 10.4 Å². The zero-order chi connectivity index (χ0) is 10.1. The van der Waals surface area contributed by atoms with E-state index < -0.39 is 5.97 Å². The number of aliphatic carboxylic acids is 1.